The number of hydrogen-bond donors (Lipinski definition) is 3. The standard InChI is InChI=1S/C34H27FN6O3/c1-20(21-10-11-25-24-6-3-5-9-30(24)44-31(25)15-21)39-29-18-38-33(26-7-2-4-8-27(26)35)41(34(29)43)19-32(42)37-17-23-14-22-16-36-13-12-28(22)40-23/h2-16,18,20,39-40H,17,19H2,1H3,(H,37,42)/t20-/m1/s1. The Balaban J connectivity index is 1.17. The van der Waals surface area contributed by atoms with Crippen molar-refractivity contribution in [2.75, 3.05) is 5.32 Å². The van der Waals surface area contributed by atoms with E-state index in [9.17, 15) is 14.0 Å². The summed E-state index contributed by atoms with van der Waals surface area (Å²) in [4.78, 5) is 38.7. The van der Waals surface area contributed by atoms with E-state index in [4.69, 9.17) is 4.42 Å². The maximum Gasteiger partial charge on any atom is 0.277 e. The van der Waals surface area contributed by atoms with Crippen LogP contribution in [0.4, 0.5) is 10.1 Å². The molecular formula is C34H27FN6O3. The number of amides is 1. The summed E-state index contributed by atoms with van der Waals surface area (Å²) in [6.07, 6.45) is 4.80. The van der Waals surface area contributed by atoms with Crippen LogP contribution in [0.2, 0.25) is 0 Å². The first kappa shape index (κ1) is 27.1. The summed E-state index contributed by atoms with van der Waals surface area (Å²) in [6, 6.07) is 23.2. The number of fused-ring (bicyclic) bond motifs is 4. The van der Waals surface area contributed by atoms with Crippen LogP contribution >= 0.6 is 0 Å². The lowest BCUT2D eigenvalue weighted by atomic mass is 10.1. The molecule has 0 aliphatic rings. The Morgan fingerprint density at radius 2 is 1.82 bits per heavy atom. The van der Waals surface area contributed by atoms with Gasteiger partial charge < -0.3 is 20.0 Å². The van der Waals surface area contributed by atoms with E-state index in [-0.39, 0.29) is 36.2 Å². The molecule has 10 heteroatoms. The van der Waals surface area contributed by atoms with E-state index < -0.39 is 17.3 Å². The normalized spacial score (nSPS) is 12.1. The molecule has 3 N–H and O–H groups in total. The van der Waals surface area contributed by atoms with E-state index in [1.54, 1.807) is 24.5 Å². The van der Waals surface area contributed by atoms with Crippen molar-refractivity contribution in [3.8, 4) is 11.4 Å². The minimum atomic E-state index is -0.548. The number of nitrogens with zero attached hydrogens (tertiary/aromatic N) is 3. The molecule has 44 heavy (non-hydrogen) atoms. The van der Waals surface area contributed by atoms with Crippen LogP contribution in [0, 0.1) is 5.82 Å². The highest BCUT2D eigenvalue weighted by Gasteiger charge is 2.19. The summed E-state index contributed by atoms with van der Waals surface area (Å²) in [5.74, 6) is -0.918. The van der Waals surface area contributed by atoms with Crippen molar-refractivity contribution in [2.24, 2.45) is 0 Å². The third kappa shape index (κ3) is 5.06. The number of nitrogens with one attached hydrogen (secondary N) is 3. The minimum absolute atomic E-state index is 0.0573. The smallest absolute Gasteiger partial charge is 0.277 e. The van der Waals surface area contributed by atoms with Gasteiger partial charge in [-0.1, -0.05) is 42.5 Å². The number of aromatic nitrogens is 4. The van der Waals surface area contributed by atoms with Gasteiger partial charge in [0.1, 0.15) is 35.0 Å². The predicted octanol–water partition coefficient (Wildman–Crippen LogP) is 6.31. The van der Waals surface area contributed by atoms with Gasteiger partial charge in [0.05, 0.1) is 18.3 Å². The molecule has 0 radical (unpaired) electrons. The maximum atomic E-state index is 14.8. The Morgan fingerprint density at radius 3 is 2.68 bits per heavy atom. The number of halogens is 1. The van der Waals surface area contributed by atoms with Crippen LogP contribution in [0.15, 0.2) is 107 Å². The molecule has 0 bridgehead atoms. The third-order valence-electron chi connectivity index (χ3n) is 7.69. The van der Waals surface area contributed by atoms with E-state index in [0.717, 1.165) is 44.1 Å². The summed E-state index contributed by atoms with van der Waals surface area (Å²) in [7, 11) is 0. The Morgan fingerprint density at radius 1 is 1.00 bits per heavy atom. The SMILES string of the molecule is C[C@@H](Nc1cnc(-c2ccccc2F)n(CC(=O)NCc2cc3cnccc3[nH]2)c1=O)c1ccc2c(c1)oc1ccccc12. The summed E-state index contributed by atoms with van der Waals surface area (Å²) in [5, 5.41) is 9.03. The van der Waals surface area contributed by atoms with Crippen molar-refractivity contribution < 1.29 is 13.6 Å². The second-order valence-electron chi connectivity index (χ2n) is 10.6. The van der Waals surface area contributed by atoms with Gasteiger partial charge in [0.15, 0.2) is 0 Å². The molecular weight excluding hydrogens is 559 g/mol. The molecule has 0 spiro atoms. The summed E-state index contributed by atoms with van der Waals surface area (Å²) >= 11 is 0. The molecule has 9 nitrogen and oxygen atoms in total. The minimum Gasteiger partial charge on any atom is -0.456 e. The predicted molar refractivity (Wildman–Crippen MR) is 168 cm³/mol. The molecule has 3 aromatic carbocycles. The van der Waals surface area contributed by atoms with Crippen LogP contribution in [0.1, 0.15) is 24.2 Å². The van der Waals surface area contributed by atoms with Crippen molar-refractivity contribution >= 4 is 44.4 Å². The Hall–Kier alpha value is -5.77. The van der Waals surface area contributed by atoms with Crippen molar-refractivity contribution in [3.05, 3.63) is 125 Å². The lowest BCUT2D eigenvalue weighted by Crippen LogP contribution is -2.34. The second-order valence-corrected chi connectivity index (χ2v) is 10.6. The fourth-order valence-electron chi connectivity index (χ4n) is 5.44. The van der Waals surface area contributed by atoms with Crippen LogP contribution in [0.5, 0.6) is 0 Å². The number of furan rings is 1. The van der Waals surface area contributed by atoms with Crippen LogP contribution in [-0.2, 0) is 17.9 Å². The number of carbonyl (C=O) groups excluding carboxylic acids is 1. The average Bonchev–Trinajstić information content (AvgIpc) is 3.63. The number of rotatable bonds is 8. The number of benzene rings is 3. The topological polar surface area (TPSA) is 118 Å². The summed E-state index contributed by atoms with van der Waals surface area (Å²) < 4.78 is 22.1. The average molecular weight is 587 g/mol. The number of carbonyl (C=O) groups is 1. The molecule has 1 atom stereocenters. The molecule has 7 rings (SSSR count). The second kappa shape index (κ2) is 11.1. The Kier molecular flexibility index (Phi) is 6.86. The van der Waals surface area contributed by atoms with Gasteiger partial charge in [-0.15, -0.1) is 0 Å². The highest BCUT2D eigenvalue weighted by atomic mass is 19.1. The van der Waals surface area contributed by atoms with Gasteiger partial charge in [0.25, 0.3) is 5.56 Å². The lowest BCUT2D eigenvalue weighted by molar-refractivity contribution is -0.121. The number of anilines is 1. The van der Waals surface area contributed by atoms with Crippen molar-refractivity contribution in [1.82, 2.24) is 24.8 Å². The van der Waals surface area contributed by atoms with E-state index in [0.29, 0.717) is 0 Å². The molecule has 0 fully saturated rings. The molecule has 0 aliphatic heterocycles. The van der Waals surface area contributed by atoms with Gasteiger partial charge in [0.2, 0.25) is 5.91 Å². The molecule has 0 unspecified atom stereocenters. The summed E-state index contributed by atoms with van der Waals surface area (Å²) in [5.41, 5.74) is 3.93. The first-order valence-corrected chi connectivity index (χ1v) is 14.2. The largest absolute Gasteiger partial charge is 0.456 e. The maximum absolute atomic E-state index is 14.8. The molecule has 4 aromatic heterocycles. The van der Waals surface area contributed by atoms with Gasteiger partial charge in [-0.05, 0) is 48.9 Å². The van der Waals surface area contributed by atoms with Gasteiger partial charge in [0, 0.05) is 45.8 Å². The number of para-hydroxylation sites is 1. The molecule has 1 amide bonds. The number of aromatic amines is 1. The van der Waals surface area contributed by atoms with E-state index in [1.807, 2.05) is 61.5 Å². The van der Waals surface area contributed by atoms with Gasteiger partial charge in [-0.2, -0.15) is 0 Å². The molecule has 7 aromatic rings. The number of pyridine rings is 1. The monoisotopic (exact) mass is 586 g/mol. The van der Waals surface area contributed by atoms with E-state index in [1.165, 1.54) is 22.9 Å². The highest BCUT2D eigenvalue weighted by molar-refractivity contribution is 6.04. The zero-order valence-corrected chi connectivity index (χ0v) is 23.7. The lowest BCUT2D eigenvalue weighted by Gasteiger charge is -2.18. The van der Waals surface area contributed by atoms with Crippen molar-refractivity contribution in [1.29, 1.82) is 0 Å². The van der Waals surface area contributed by atoms with Crippen LogP contribution in [-0.4, -0.2) is 25.4 Å². The number of H-pyrrole nitrogens is 1. The highest BCUT2D eigenvalue weighted by Crippen LogP contribution is 2.31. The van der Waals surface area contributed by atoms with Crippen LogP contribution in [0.25, 0.3) is 44.2 Å². The molecule has 4 heterocycles. The Bertz CT molecular complexity index is 2200. The van der Waals surface area contributed by atoms with Gasteiger partial charge in [-0.3, -0.25) is 19.1 Å². The van der Waals surface area contributed by atoms with E-state index in [2.05, 4.69) is 25.6 Å². The molecule has 218 valence electrons. The van der Waals surface area contributed by atoms with Gasteiger partial charge in [-0.25, -0.2) is 9.37 Å². The quantitative estimate of drug-likeness (QED) is 0.192. The van der Waals surface area contributed by atoms with Crippen LogP contribution < -0.4 is 16.2 Å². The van der Waals surface area contributed by atoms with Crippen molar-refractivity contribution in [3.63, 3.8) is 0 Å². The Labute approximate surface area is 250 Å². The van der Waals surface area contributed by atoms with Crippen molar-refractivity contribution in [2.45, 2.75) is 26.1 Å². The van der Waals surface area contributed by atoms with Gasteiger partial charge >= 0.3 is 0 Å². The first-order valence-electron chi connectivity index (χ1n) is 14.2. The zero-order valence-electron chi connectivity index (χ0n) is 23.7. The van der Waals surface area contributed by atoms with Crippen LogP contribution in [0.3, 0.4) is 0 Å². The first-order chi connectivity index (χ1) is 21.4. The number of hydrogen-bond acceptors (Lipinski definition) is 6. The molecule has 0 aliphatic carbocycles. The fraction of sp³-hybridized carbons (Fsp3) is 0.118. The molecule has 0 saturated heterocycles. The molecule has 0 saturated carbocycles. The van der Waals surface area contributed by atoms with E-state index >= 15 is 0 Å². The summed E-state index contributed by atoms with van der Waals surface area (Å²) in [6.45, 7) is 1.77. The fourth-order valence-corrected chi connectivity index (χ4v) is 5.44. The third-order valence-corrected chi connectivity index (χ3v) is 7.69. The zero-order chi connectivity index (χ0) is 30.2.